The van der Waals surface area contributed by atoms with Crippen LogP contribution in [-0.2, 0) is 9.53 Å². The lowest BCUT2D eigenvalue weighted by Gasteiger charge is -2.15. The third-order valence-corrected chi connectivity index (χ3v) is 3.57. The Hall–Kier alpha value is -0.230. The second-order valence-corrected chi connectivity index (χ2v) is 4.88. The zero-order chi connectivity index (χ0) is 13.9. The van der Waals surface area contributed by atoms with Crippen LogP contribution < -0.4 is 0 Å². The molecule has 2 N–H and O–H groups in total. The number of carboxylic acids is 1. The molecule has 0 spiro atoms. The minimum absolute atomic E-state index is 0.0144. The zero-order valence-corrected chi connectivity index (χ0v) is 11.8. The standard InChI is InChI=1S/C10H8Cl4O4/c11-4-1-5(12)9(13)10(14)8(4)6(15)2-18-3-7(16)17/h1,6,15H,2-3H2,(H,16,17). The van der Waals surface area contributed by atoms with Gasteiger partial charge in [-0.1, -0.05) is 46.4 Å². The van der Waals surface area contributed by atoms with Gasteiger partial charge in [-0.3, -0.25) is 0 Å². The Kier molecular flexibility index (Phi) is 5.98. The quantitative estimate of drug-likeness (QED) is 0.640. The van der Waals surface area contributed by atoms with Crippen LogP contribution in [0.15, 0.2) is 6.07 Å². The van der Waals surface area contributed by atoms with Crippen molar-refractivity contribution < 1.29 is 19.7 Å². The van der Waals surface area contributed by atoms with Gasteiger partial charge in [0.05, 0.1) is 21.7 Å². The fourth-order valence-electron chi connectivity index (χ4n) is 1.23. The average molecular weight is 334 g/mol. The lowest BCUT2D eigenvalue weighted by Crippen LogP contribution is -2.13. The van der Waals surface area contributed by atoms with Crippen molar-refractivity contribution in [3.63, 3.8) is 0 Å². The highest BCUT2D eigenvalue weighted by atomic mass is 35.5. The highest BCUT2D eigenvalue weighted by Gasteiger charge is 2.20. The van der Waals surface area contributed by atoms with Gasteiger partial charge in [0.2, 0.25) is 0 Å². The van der Waals surface area contributed by atoms with Crippen LogP contribution in [0, 0.1) is 0 Å². The summed E-state index contributed by atoms with van der Waals surface area (Å²) in [6.07, 6.45) is -1.20. The smallest absolute Gasteiger partial charge is 0.329 e. The van der Waals surface area contributed by atoms with E-state index in [0.717, 1.165) is 0 Å². The van der Waals surface area contributed by atoms with Gasteiger partial charge in [-0.2, -0.15) is 0 Å². The molecular formula is C10H8Cl4O4. The topological polar surface area (TPSA) is 66.8 Å². The van der Waals surface area contributed by atoms with Crippen LogP contribution in [0.3, 0.4) is 0 Å². The van der Waals surface area contributed by atoms with Crippen LogP contribution >= 0.6 is 46.4 Å². The van der Waals surface area contributed by atoms with Gasteiger partial charge in [0.25, 0.3) is 0 Å². The molecule has 18 heavy (non-hydrogen) atoms. The maximum atomic E-state index is 10.3. The summed E-state index contributed by atoms with van der Waals surface area (Å²) < 4.78 is 4.75. The number of hydrogen-bond donors (Lipinski definition) is 2. The molecule has 0 saturated heterocycles. The third kappa shape index (κ3) is 3.88. The summed E-state index contributed by atoms with van der Waals surface area (Å²) in [7, 11) is 0. The summed E-state index contributed by atoms with van der Waals surface area (Å²) in [5.74, 6) is -1.14. The Morgan fingerprint density at radius 1 is 1.22 bits per heavy atom. The number of aliphatic hydroxyl groups excluding tert-OH is 1. The van der Waals surface area contributed by atoms with E-state index in [0.29, 0.717) is 0 Å². The van der Waals surface area contributed by atoms with Gasteiger partial charge >= 0.3 is 5.97 Å². The third-order valence-electron chi connectivity index (χ3n) is 1.98. The molecule has 1 atom stereocenters. The van der Waals surface area contributed by atoms with E-state index < -0.39 is 18.7 Å². The van der Waals surface area contributed by atoms with E-state index in [1.807, 2.05) is 0 Å². The average Bonchev–Trinajstić information content (AvgIpc) is 2.25. The minimum Gasteiger partial charge on any atom is -0.480 e. The molecule has 1 aromatic rings. The largest absolute Gasteiger partial charge is 0.480 e. The van der Waals surface area contributed by atoms with Gasteiger partial charge in [-0.15, -0.1) is 0 Å². The molecule has 1 rings (SSSR count). The van der Waals surface area contributed by atoms with E-state index in [1.165, 1.54) is 6.07 Å². The number of aliphatic carboxylic acids is 1. The number of rotatable bonds is 5. The molecule has 100 valence electrons. The summed E-state index contributed by atoms with van der Waals surface area (Å²) in [4.78, 5) is 10.3. The van der Waals surface area contributed by atoms with Crippen LogP contribution in [0.1, 0.15) is 11.7 Å². The Labute approximate surface area is 123 Å². The molecule has 0 amide bonds. The normalized spacial score (nSPS) is 12.5. The van der Waals surface area contributed by atoms with Gasteiger partial charge in [0.1, 0.15) is 12.7 Å². The van der Waals surface area contributed by atoms with Crippen molar-refractivity contribution in [3.05, 3.63) is 31.7 Å². The number of aliphatic hydroxyl groups is 1. The fraction of sp³-hybridized carbons (Fsp3) is 0.300. The zero-order valence-electron chi connectivity index (χ0n) is 8.79. The van der Waals surface area contributed by atoms with E-state index in [-0.39, 0.29) is 32.3 Å². The summed E-state index contributed by atoms with van der Waals surface area (Å²) in [6.45, 7) is -0.808. The number of carboxylic acid groups (broad SMARTS) is 1. The number of hydrogen-bond acceptors (Lipinski definition) is 3. The molecule has 1 unspecified atom stereocenters. The van der Waals surface area contributed by atoms with Crippen molar-refractivity contribution in [2.75, 3.05) is 13.2 Å². The first-order valence-electron chi connectivity index (χ1n) is 4.65. The molecule has 0 aliphatic rings. The molecule has 0 fully saturated rings. The second kappa shape index (κ2) is 6.80. The molecule has 0 saturated carbocycles. The van der Waals surface area contributed by atoms with Crippen molar-refractivity contribution in [2.45, 2.75) is 6.10 Å². The molecular weight excluding hydrogens is 326 g/mol. The number of benzene rings is 1. The monoisotopic (exact) mass is 332 g/mol. The van der Waals surface area contributed by atoms with E-state index in [4.69, 9.17) is 56.2 Å². The van der Waals surface area contributed by atoms with Gasteiger partial charge < -0.3 is 14.9 Å². The Bertz CT molecular complexity index is 464. The van der Waals surface area contributed by atoms with E-state index in [9.17, 15) is 9.90 Å². The maximum absolute atomic E-state index is 10.3. The van der Waals surface area contributed by atoms with Crippen LogP contribution in [0.4, 0.5) is 0 Å². The second-order valence-electron chi connectivity index (χ2n) is 3.31. The molecule has 8 heteroatoms. The predicted molar refractivity (Wildman–Crippen MR) is 69.9 cm³/mol. The van der Waals surface area contributed by atoms with Gasteiger partial charge in [-0.05, 0) is 6.07 Å². The summed E-state index contributed by atoms with van der Waals surface area (Å²) in [5.41, 5.74) is 0.151. The number of ether oxygens (including phenoxy) is 1. The summed E-state index contributed by atoms with van der Waals surface area (Å²) in [5, 5.41) is 18.6. The van der Waals surface area contributed by atoms with Gasteiger partial charge in [-0.25, -0.2) is 4.79 Å². The molecule has 0 heterocycles. The van der Waals surface area contributed by atoms with Crippen molar-refractivity contribution in [2.24, 2.45) is 0 Å². The highest BCUT2D eigenvalue weighted by molar-refractivity contribution is 6.49. The summed E-state index contributed by atoms with van der Waals surface area (Å²) in [6, 6.07) is 1.34. The van der Waals surface area contributed by atoms with Crippen molar-refractivity contribution >= 4 is 52.4 Å². The fourth-order valence-corrected chi connectivity index (χ4v) is 2.40. The highest BCUT2D eigenvalue weighted by Crippen LogP contribution is 2.40. The molecule has 0 aromatic heterocycles. The van der Waals surface area contributed by atoms with Crippen LogP contribution in [0.5, 0.6) is 0 Å². The number of halogens is 4. The van der Waals surface area contributed by atoms with Gasteiger partial charge in [0, 0.05) is 10.6 Å². The predicted octanol–water partition coefficient (Wildman–Crippen LogP) is 3.43. The Morgan fingerprint density at radius 3 is 2.39 bits per heavy atom. The first-order valence-corrected chi connectivity index (χ1v) is 6.16. The molecule has 1 aromatic carbocycles. The first-order chi connectivity index (χ1) is 8.34. The summed E-state index contributed by atoms with van der Waals surface area (Å²) >= 11 is 23.4. The minimum atomic E-state index is -1.20. The van der Waals surface area contributed by atoms with Gasteiger partial charge in [0.15, 0.2) is 0 Å². The van der Waals surface area contributed by atoms with Crippen LogP contribution in [0.25, 0.3) is 0 Å². The number of carbonyl (C=O) groups is 1. The molecule has 0 radical (unpaired) electrons. The van der Waals surface area contributed by atoms with Crippen molar-refractivity contribution in [1.82, 2.24) is 0 Å². The Morgan fingerprint density at radius 2 is 1.83 bits per heavy atom. The first kappa shape index (κ1) is 15.8. The van der Waals surface area contributed by atoms with E-state index in [1.54, 1.807) is 0 Å². The lowest BCUT2D eigenvalue weighted by atomic mass is 10.1. The molecule has 0 aliphatic carbocycles. The van der Waals surface area contributed by atoms with Crippen LogP contribution in [0.2, 0.25) is 20.1 Å². The maximum Gasteiger partial charge on any atom is 0.329 e. The molecule has 0 aliphatic heterocycles. The van der Waals surface area contributed by atoms with Crippen molar-refractivity contribution in [3.8, 4) is 0 Å². The molecule has 0 bridgehead atoms. The van der Waals surface area contributed by atoms with E-state index >= 15 is 0 Å². The van der Waals surface area contributed by atoms with Crippen LogP contribution in [-0.4, -0.2) is 29.4 Å². The lowest BCUT2D eigenvalue weighted by molar-refractivity contribution is -0.143. The van der Waals surface area contributed by atoms with E-state index in [2.05, 4.69) is 0 Å². The SMILES string of the molecule is O=C(O)COCC(O)c1c(Cl)cc(Cl)c(Cl)c1Cl. The van der Waals surface area contributed by atoms with Crippen molar-refractivity contribution in [1.29, 1.82) is 0 Å². The molecule has 4 nitrogen and oxygen atoms in total. The Balaban J connectivity index is 2.89.